The van der Waals surface area contributed by atoms with Crippen molar-refractivity contribution in [1.29, 1.82) is 0 Å². The average Bonchev–Trinajstić information content (AvgIpc) is 3.18. The van der Waals surface area contributed by atoms with E-state index in [4.69, 9.17) is 10.2 Å². The van der Waals surface area contributed by atoms with E-state index in [2.05, 4.69) is 10.3 Å². The Kier molecular flexibility index (Phi) is 6.21. The van der Waals surface area contributed by atoms with Gasteiger partial charge in [0.25, 0.3) is 0 Å². The van der Waals surface area contributed by atoms with E-state index in [1.807, 2.05) is 43.3 Å². The smallest absolute Gasteiger partial charge is 0.240 e. The van der Waals surface area contributed by atoms with Crippen LogP contribution in [0.4, 0.5) is 0 Å². The second kappa shape index (κ2) is 7.99. The number of carbonyl (C=O) groups is 1. The second-order valence-electron chi connectivity index (χ2n) is 6.10. The van der Waals surface area contributed by atoms with Gasteiger partial charge in [-0.1, -0.05) is 25.5 Å². The minimum atomic E-state index is -0.850. The molecule has 0 aliphatic carbocycles. The number of hydrogen-bond acceptors (Lipinski definition) is 5. The van der Waals surface area contributed by atoms with E-state index in [1.54, 1.807) is 18.3 Å². The number of hydrogen-bond donors (Lipinski definition) is 2. The van der Waals surface area contributed by atoms with Crippen molar-refractivity contribution in [3.05, 3.63) is 42.2 Å². The van der Waals surface area contributed by atoms with Crippen LogP contribution in [-0.4, -0.2) is 16.4 Å². The van der Waals surface area contributed by atoms with Gasteiger partial charge in [0.15, 0.2) is 10.8 Å². The number of para-hydroxylation sites is 1. The third-order valence-electron chi connectivity index (χ3n) is 3.88. The SMILES string of the molecule is CCCC(C)(N)C(=O)NCc1ccc(-c2nc3ccccc3s2)o1.Cl. The van der Waals surface area contributed by atoms with Crippen LogP contribution in [0.15, 0.2) is 40.8 Å². The molecule has 0 aliphatic rings. The first kappa shape index (κ1) is 19.4. The Morgan fingerprint density at radius 3 is 2.80 bits per heavy atom. The number of furan rings is 1. The third kappa shape index (κ3) is 4.39. The van der Waals surface area contributed by atoms with Gasteiger partial charge in [0.2, 0.25) is 5.91 Å². The highest BCUT2D eigenvalue weighted by molar-refractivity contribution is 7.21. The first-order chi connectivity index (χ1) is 11.5. The van der Waals surface area contributed by atoms with Crippen LogP contribution in [0.5, 0.6) is 0 Å². The number of nitrogens with two attached hydrogens (primary N) is 1. The van der Waals surface area contributed by atoms with Crippen LogP contribution >= 0.6 is 23.7 Å². The van der Waals surface area contributed by atoms with E-state index in [1.165, 1.54) is 0 Å². The number of nitrogens with zero attached hydrogens (tertiary/aromatic N) is 1. The van der Waals surface area contributed by atoms with Gasteiger partial charge in [-0.05, 0) is 37.6 Å². The van der Waals surface area contributed by atoms with Crippen LogP contribution in [0, 0.1) is 0 Å². The van der Waals surface area contributed by atoms with Crippen LogP contribution in [0.2, 0.25) is 0 Å². The topological polar surface area (TPSA) is 81.2 Å². The normalized spacial score (nSPS) is 13.2. The molecule has 7 heteroatoms. The number of nitrogens with one attached hydrogen (secondary N) is 1. The zero-order chi connectivity index (χ0) is 17.2. The molecule has 3 rings (SSSR count). The van der Waals surface area contributed by atoms with Crippen LogP contribution in [0.1, 0.15) is 32.4 Å². The number of rotatable bonds is 6. The molecule has 134 valence electrons. The number of benzene rings is 1. The van der Waals surface area contributed by atoms with E-state index >= 15 is 0 Å². The molecule has 1 amide bonds. The van der Waals surface area contributed by atoms with Gasteiger partial charge < -0.3 is 15.5 Å². The molecule has 1 unspecified atom stereocenters. The third-order valence-corrected chi connectivity index (χ3v) is 4.93. The lowest BCUT2D eigenvalue weighted by atomic mass is 9.96. The summed E-state index contributed by atoms with van der Waals surface area (Å²) in [5.74, 6) is 1.23. The predicted octanol–water partition coefficient (Wildman–Crippen LogP) is 4.11. The summed E-state index contributed by atoms with van der Waals surface area (Å²) in [6.07, 6.45) is 1.51. The van der Waals surface area contributed by atoms with Gasteiger partial charge in [-0.15, -0.1) is 23.7 Å². The molecule has 0 fully saturated rings. The standard InChI is InChI=1S/C18H21N3O2S.ClH/c1-3-10-18(2,19)17(22)20-11-12-8-9-14(23-12)16-21-13-6-4-5-7-15(13)24-16;/h4-9H,3,10-11,19H2,1-2H3,(H,20,22);1H. The van der Waals surface area contributed by atoms with E-state index in [0.29, 0.717) is 24.5 Å². The van der Waals surface area contributed by atoms with Gasteiger partial charge in [0.05, 0.1) is 22.3 Å². The highest BCUT2D eigenvalue weighted by Gasteiger charge is 2.26. The number of fused-ring (bicyclic) bond motifs is 1. The summed E-state index contributed by atoms with van der Waals surface area (Å²) in [5, 5.41) is 3.68. The Morgan fingerprint density at radius 2 is 2.08 bits per heavy atom. The maximum absolute atomic E-state index is 12.1. The van der Waals surface area contributed by atoms with Gasteiger partial charge in [-0.2, -0.15) is 0 Å². The van der Waals surface area contributed by atoms with E-state index in [9.17, 15) is 4.79 Å². The minimum absolute atomic E-state index is 0. The van der Waals surface area contributed by atoms with E-state index < -0.39 is 5.54 Å². The summed E-state index contributed by atoms with van der Waals surface area (Å²) in [6, 6.07) is 11.7. The number of aromatic nitrogens is 1. The monoisotopic (exact) mass is 379 g/mol. The van der Waals surface area contributed by atoms with Crippen molar-refractivity contribution in [2.45, 2.75) is 38.8 Å². The average molecular weight is 380 g/mol. The molecule has 1 atom stereocenters. The van der Waals surface area contributed by atoms with Crippen LogP contribution in [0.3, 0.4) is 0 Å². The zero-order valence-electron chi connectivity index (χ0n) is 14.2. The Balaban J connectivity index is 0.00000225. The van der Waals surface area contributed by atoms with E-state index in [0.717, 1.165) is 21.6 Å². The van der Waals surface area contributed by atoms with Crippen molar-refractivity contribution in [2.75, 3.05) is 0 Å². The van der Waals surface area contributed by atoms with E-state index in [-0.39, 0.29) is 18.3 Å². The fourth-order valence-corrected chi connectivity index (χ4v) is 3.50. The summed E-state index contributed by atoms with van der Waals surface area (Å²) < 4.78 is 6.94. The zero-order valence-corrected chi connectivity index (χ0v) is 15.9. The number of carbonyl (C=O) groups excluding carboxylic acids is 1. The molecule has 0 saturated heterocycles. The van der Waals surface area contributed by atoms with Crippen molar-refractivity contribution < 1.29 is 9.21 Å². The van der Waals surface area contributed by atoms with Crippen molar-refractivity contribution in [1.82, 2.24) is 10.3 Å². The first-order valence-corrected chi connectivity index (χ1v) is 8.83. The summed E-state index contributed by atoms with van der Waals surface area (Å²) in [4.78, 5) is 16.7. The minimum Gasteiger partial charge on any atom is -0.457 e. The number of amides is 1. The Hall–Kier alpha value is -1.89. The number of thiazole rings is 1. The molecule has 5 nitrogen and oxygen atoms in total. The van der Waals surface area contributed by atoms with Crippen LogP contribution in [0.25, 0.3) is 21.0 Å². The molecule has 3 N–H and O–H groups in total. The summed E-state index contributed by atoms with van der Waals surface area (Å²) >= 11 is 1.59. The predicted molar refractivity (Wildman–Crippen MR) is 104 cm³/mol. The second-order valence-corrected chi connectivity index (χ2v) is 7.13. The molecule has 0 radical (unpaired) electrons. The molecule has 3 aromatic rings. The fraction of sp³-hybridized carbons (Fsp3) is 0.333. The Bertz CT molecular complexity index is 824. The van der Waals surface area contributed by atoms with Crippen molar-refractivity contribution >= 4 is 39.9 Å². The molecule has 1 aromatic carbocycles. The van der Waals surface area contributed by atoms with Crippen molar-refractivity contribution in [3.63, 3.8) is 0 Å². The number of halogens is 1. The molecular formula is C18H22ClN3O2S. The Labute approximate surface area is 157 Å². The molecule has 2 heterocycles. The molecule has 0 bridgehead atoms. The maximum atomic E-state index is 12.1. The molecule has 0 saturated carbocycles. The lowest BCUT2D eigenvalue weighted by molar-refractivity contribution is -0.126. The summed E-state index contributed by atoms with van der Waals surface area (Å²) in [7, 11) is 0. The highest BCUT2D eigenvalue weighted by atomic mass is 35.5. The largest absolute Gasteiger partial charge is 0.457 e. The van der Waals surface area contributed by atoms with Crippen molar-refractivity contribution in [2.24, 2.45) is 5.73 Å². The molecule has 0 spiro atoms. The van der Waals surface area contributed by atoms with Gasteiger partial charge >= 0.3 is 0 Å². The first-order valence-electron chi connectivity index (χ1n) is 8.01. The molecular weight excluding hydrogens is 358 g/mol. The lowest BCUT2D eigenvalue weighted by Crippen LogP contribution is -2.51. The van der Waals surface area contributed by atoms with Gasteiger partial charge in [-0.25, -0.2) is 4.98 Å². The lowest BCUT2D eigenvalue weighted by Gasteiger charge is -2.22. The van der Waals surface area contributed by atoms with Gasteiger partial charge in [0.1, 0.15) is 5.76 Å². The fourth-order valence-electron chi connectivity index (χ4n) is 2.57. The quantitative estimate of drug-likeness (QED) is 0.675. The molecule has 0 aliphatic heterocycles. The molecule has 25 heavy (non-hydrogen) atoms. The van der Waals surface area contributed by atoms with Gasteiger partial charge in [-0.3, -0.25) is 4.79 Å². The van der Waals surface area contributed by atoms with Crippen molar-refractivity contribution in [3.8, 4) is 10.8 Å². The van der Waals surface area contributed by atoms with Crippen LogP contribution < -0.4 is 11.1 Å². The summed E-state index contributed by atoms with van der Waals surface area (Å²) in [5.41, 5.74) is 6.13. The van der Waals surface area contributed by atoms with Gasteiger partial charge in [0, 0.05) is 0 Å². The highest BCUT2D eigenvalue weighted by Crippen LogP contribution is 2.31. The molecule has 2 aromatic heterocycles. The van der Waals surface area contributed by atoms with Crippen LogP contribution in [-0.2, 0) is 11.3 Å². The summed E-state index contributed by atoms with van der Waals surface area (Å²) in [6.45, 7) is 4.08. The Morgan fingerprint density at radius 1 is 1.32 bits per heavy atom. The maximum Gasteiger partial charge on any atom is 0.240 e.